The number of fused-ring (bicyclic) bond motifs is 1. The average Bonchev–Trinajstić information content (AvgIpc) is 3.02. The average molecular weight is 291 g/mol. The third-order valence-corrected chi connectivity index (χ3v) is 4.87. The van der Waals surface area contributed by atoms with Gasteiger partial charge in [-0.1, -0.05) is 6.92 Å². The van der Waals surface area contributed by atoms with E-state index in [0.29, 0.717) is 17.4 Å². The van der Waals surface area contributed by atoms with Gasteiger partial charge in [0, 0.05) is 25.7 Å². The number of aryl methyl sites for hydroxylation is 2. The Morgan fingerprint density at radius 3 is 2.95 bits per heavy atom. The van der Waals surface area contributed by atoms with Gasteiger partial charge in [0.05, 0.1) is 11.4 Å². The van der Waals surface area contributed by atoms with Crippen LogP contribution < -0.4 is 11.1 Å². The molecule has 2 aliphatic heterocycles. The zero-order chi connectivity index (χ0) is 15.0. The van der Waals surface area contributed by atoms with Gasteiger partial charge >= 0.3 is 0 Å². The van der Waals surface area contributed by atoms with Gasteiger partial charge in [-0.2, -0.15) is 5.10 Å². The van der Waals surface area contributed by atoms with E-state index in [1.165, 1.54) is 19.4 Å². The molecule has 6 heteroatoms. The number of carbonyl (C=O) groups is 1. The van der Waals surface area contributed by atoms with Crippen molar-refractivity contribution in [1.82, 2.24) is 20.0 Å². The van der Waals surface area contributed by atoms with Crippen LogP contribution in [-0.2, 0) is 13.5 Å². The molecule has 2 aliphatic rings. The molecule has 2 unspecified atom stereocenters. The summed E-state index contributed by atoms with van der Waals surface area (Å²) in [4.78, 5) is 15.1. The fraction of sp³-hybridized carbons (Fsp3) is 0.733. The lowest BCUT2D eigenvalue weighted by atomic mass is 9.97. The summed E-state index contributed by atoms with van der Waals surface area (Å²) in [6.45, 7) is 4.31. The van der Waals surface area contributed by atoms with E-state index in [9.17, 15) is 4.79 Å². The molecule has 0 bridgehead atoms. The molecule has 1 aromatic heterocycles. The van der Waals surface area contributed by atoms with E-state index < -0.39 is 0 Å². The minimum Gasteiger partial charge on any atom is -0.395 e. The molecule has 2 fully saturated rings. The zero-order valence-corrected chi connectivity index (χ0v) is 12.9. The number of carbonyl (C=O) groups excluding carboxylic acids is 1. The third kappa shape index (κ3) is 2.64. The number of hydrogen-bond donors (Lipinski definition) is 2. The third-order valence-electron chi connectivity index (χ3n) is 4.87. The molecule has 1 aromatic rings. The number of hydrogen-bond acceptors (Lipinski definition) is 4. The smallest absolute Gasteiger partial charge is 0.271 e. The summed E-state index contributed by atoms with van der Waals surface area (Å²) in [5.41, 5.74) is 7.88. The predicted molar refractivity (Wildman–Crippen MR) is 82.1 cm³/mol. The Morgan fingerprint density at radius 1 is 1.43 bits per heavy atom. The van der Waals surface area contributed by atoms with Crippen LogP contribution >= 0.6 is 0 Å². The number of anilines is 1. The molecule has 0 aliphatic carbocycles. The van der Waals surface area contributed by atoms with Gasteiger partial charge in [-0.25, -0.2) is 0 Å². The van der Waals surface area contributed by atoms with Crippen LogP contribution in [0.15, 0.2) is 0 Å². The second-order valence-corrected chi connectivity index (χ2v) is 6.21. The minimum absolute atomic E-state index is 0.0846. The van der Waals surface area contributed by atoms with Crippen molar-refractivity contribution in [3.63, 3.8) is 0 Å². The highest BCUT2D eigenvalue weighted by Crippen LogP contribution is 2.27. The Bertz CT molecular complexity index is 538. The number of amides is 1. The molecule has 3 rings (SSSR count). The minimum atomic E-state index is -0.0846. The molecule has 0 spiro atoms. The maximum Gasteiger partial charge on any atom is 0.271 e. The number of nitrogens with zero attached hydrogens (tertiary/aromatic N) is 3. The summed E-state index contributed by atoms with van der Waals surface area (Å²) in [5.74, 6) is -0.0846. The van der Waals surface area contributed by atoms with E-state index in [1.54, 1.807) is 11.7 Å². The van der Waals surface area contributed by atoms with Crippen LogP contribution in [0.4, 0.5) is 5.69 Å². The van der Waals surface area contributed by atoms with Crippen LogP contribution in [0.3, 0.4) is 0 Å². The summed E-state index contributed by atoms with van der Waals surface area (Å²) >= 11 is 0. The number of piperidine rings is 1. The molecular formula is C15H25N5O. The fourth-order valence-electron chi connectivity index (χ4n) is 3.74. The molecule has 0 saturated carbocycles. The Labute approximate surface area is 125 Å². The highest BCUT2D eigenvalue weighted by atomic mass is 16.2. The predicted octanol–water partition coefficient (Wildman–Crippen LogP) is 0.921. The first-order valence-corrected chi connectivity index (χ1v) is 7.96. The van der Waals surface area contributed by atoms with Crippen LogP contribution in [-0.4, -0.2) is 45.8 Å². The van der Waals surface area contributed by atoms with E-state index in [0.717, 1.165) is 31.5 Å². The molecule has 3 heterocycles. The summed E-state index contributed by atoms with van der Waals surface area (Å²) in [7, 11) is 1.78. The Morgan fingerprint density at radius 2 is 2.24 bits per heavy atom. The summed E-state index contributed by atoms with van der Waals surface area (Å²) < 4.78 is 1.61. The van der Waals surface area contributed by atoms with E-state index in [-0.39, 0.29) is 11.9 Å². The first-order chi connectivity index (χ1) is 10.1. The number of nitrogens with one attached hydrogen (secondary N) is 1. The van der Waals surface area contributed by atoms with E-state index in [4.69, 9.17) is 5.73 Å². The van der Waals surface area contributed by atoms with Crippen molar-refractivity contribution < 1.29 is 4.79 Å². The van der Waals surface area contributed by atoms with Crippen molar-refractivity contribution >= 4 is 11.6 Å². The van der Waals surface area contributed by atoms with Crippen LogP contribution in [0.2, 0.25) is 0 Å². The number of aromatic nitrogens is 2. The lowest BCUT2D eigenvalue weighted by Gasteiger charge is -2.35. The monoisotopic (exact) mass is 291 g/mol. The van der Waals surface area contributed by atoms with E-state index in [2.05, 4.69) is 15.3 Å². The standard InChI is InChI=1S/C15H25N5O/c1-3-12-13(16)14(19(2)18-12)15(21)17-10-6-8-20-7-4-5-11(20)9-10/h10-11H,3-9,16H2,1-2H3,(H,17,21). The van der Waals surface area contributed by atoms with Gasteiger partial charge in [0.25, 0.3) is 5.91 Å². The van der Waals surface area contributed by atoms with E-state index in [1.807, 2.05) is 6.92 Å². The molecule has 3 N–H and O–H groups in total. The van der Waals surface area contributed by atoms with Gasteiger partial charge in [0.2, 0.25) is 0 Å². The molecule has 0 aromatic carbocycles. The number of nitrogen functional groups attached to an aromatic ring is 1. The van der Waals surface area contributed by atoms with Crippen molar-refractivity contribution in [3.8, 4) is 0 Å². The lowest BCUT2D eigenvalue weighted by Crippen LogP contribution is -2.47. The highest BCUT2D eigenvalue weighted by molar-refractivity contribution is 5.98. The molecule has 2 saturated heterocycles. The maximum absolute atomic E-state index is 12.5. The van der Waals surface area contributed by atoms with Crippen molar-refractivity contribution in [2.45, 2.75) is 51.1 Å². The van der Waals surface area contributed by atoms with Crippen molar-refractivity contribution in [2.75, 3.05) is 18.8 Å². The quantitative estimate of drug-likeness (QED) is 0.868. The van der Waals surface area contributed by atoms with Crippen molar-refractivity contribution in [2.24, 2.45) is 7.05 Å². The van der Waals surface area contributed by atoms with Crippen LogP contribution in [0.5, 0.6) is 0 Å². The molecule has 1 amide bonds. The van der Waals surface area contributed by atoms with Gasteiger partial charge in [-0.05, 0) is 38.6 Å². The van der Waals surface area contributed by atoms with Gasteiger partial charge in [-0.15, -0.1) is 0 Å². The molecule has 116 valence electrons. The van der Waals surface area contributed by atoms with Crippen LogP contribution in [0.1, 0.15) is 48.8 Å². The van der Waals surface area contributed by atoms with Gasteiger partial charge < -0.3 is 16.0 Å². The second-order valence-electron chi connectivity index (χ2n) is 6.21. The lowest BCUT2D eigenvalue weighted by molar-refractivity contribution is 0.0887. The molecular weight excluding hydrogens is 266 g/mol. The van der Waals surface area contributed by atoms with Gasteiger partial charge in [0.1, 0.15) is 5.69 Å². The fourth-order valence-corrected chi connectivity index (χ4v) is 3.74. The molecule has 21 heavy (non-hydrogen) atoms. The normalized spacial score (nSPS) is 25.8. The number of rotatable bonds is 3. The van der Waals surface area contributed by atoms with E-state index >= 15 is 0 Å². The van der Waals surface area contributed by atoms with Gasteiger partial charge in [0.15, 0.2) is 0 Å². The number of nitrogens with two attached hydrogens (primary N) is 1. The first-order valence-electron chi connectivity index (χ1n) is 7.96. The summed E-state index contributed by atoms with van der Waals surface area (Å²) in [6, 6.07) is 0.912. The largest absolute Gasteiger partial charge is 0.395 e. The van der Waals surface area contributed by atoms with Crippen LogP contribution in [0, 0.1) is 0 Å². The SMILES string of the molecule is CCc1nn(C)c(C(=O)NC2CCN3CCCC3C2)c1N. The molecule has 0 radical (unpaired) electrons. The highest BCUT2D eigenvalue weighted by Gasteiger charge is 2.33. The Balaban J connectivity index is 1.68. The van der Waals surface area contributed by atoms with Gasteiger partial charge in [-0.3, -0.25) is 9.48 Å². The van der Waals surface area contributed by atoms with Crippen molar-refractivity contribution in [1.29, 1.82) is 0 Å². The summed E-state index contributed by atoms with van der Waals surface area (Å²) in [5, 5.41) is 7.48. The molecule has 2 atom stereocenters. The maximum atomic E-state index is 12.5. The first kappa shape index (κ1) is 14.4. The topological polar surface area (TPSA) is 76.2 Å². The van der Waals surface area contributed by atoms with Crippen molar-refractivity contribution in [3.05, 3.63) is 11.4 Å². The Hall–Kier alpha value is -1.56. The second kappa shape index (κ2) is 5.67. The zero-order valence-electron chi connectivity index (χ0n) is 12.9. The Kier molecular flexibility index (Phi) is 3.89. The summed E-state index contributed by atoms with van der Waals surface area (Å²) in [6.07, 6.45) is 5.39. The van der Waals surface area contributed by atoms with Crippen LogP contribution in [0.25, 0.3) is 0 Å². The molecule has 6 nitrogen and oxygen atoms in total.